The standard InChI is InChI=1S/C32H35N3O7/c1-4-25-8-6-7-9-27(25)34-35(30(37)22-36)28-15-12-24(20-29(28)41-5-2)16-18-33-26-13-10-23(11-14-26)17-19-42-32(39)21-31(38)40-3/h6-15,17,19-20,22,33-34H,4-5,16,18,21H2,1-3H3/b19-17+. The van der Waals surface area contributed by atoms with Gasteiger partial charge < -0.3 is 19.5 Å². The van der Waals surface area contributed by atoms with Crippen molar-refractivity contribution in [2.45, 2.75) is 33.1 Å². The second kappa shape index (κ2) is 16.2. The van der Waals surface area contributed by atoms with E-state index in [9.17, 15) is 19.2 Å². The van der Waals surface area contributed by atoms with Gasteiger partial charge in [-0.15, -0.1) is 0 Å². The summed E-state index contributed by atoms with van der Waals surface area (Å²) in [5, 5.41) is 4.57. The van der Waals surface area contributed by atoms with E-state index in [2.05, 4.69) is 15.5 Å². The Morgan fingerprint density at radius 2 is 1.71 bits per heavy atom. The first-order valence-electron chi connectivity index (χ1n) is 13.5. The molecule has 0 saturated heterocycles. The molecule has 3 rings (SSSR count). The summed E-state index contributed by atoms with van der Waals surface area (Å²) in [6.07, 6.45) is 4.10. The molecule has 10 nitrogen and oxygen atoms in total. The maximum Gasteiger partial charge on any atom is 0.321 e. The highest BCUT2D eigenvalue weighted by molar-refractivity contribution is 6.31. The number of hydrazine groups is 1. The van der Waals surface area contributed by atoms with Crippen LogP contribution in [0.4, 0.5) is 17.1 Å². The molecule has 0 unspecified atom stereocenters. The van der Waals surface area contributed by atoms with Gasteiger partial charge in [0.2, 0.25) is 6.29 Å². The van der Waals surface area contributed by atoms with Crippen LogP contribution in [0.15, 0.2) is 73.0 Å². The first-order valence-corrected chi connectivity index (χ1v) is 13.5. The minimum atomic E-state index is -0.742. The highest BCUT2D eigenvalue weighted by Crippen LogP contribution is 2.31. The van der Waals surface area contributed by atoms with Crippen LogP contribution in [-0.4, -0.2) is 44.4 Å². The lowest BCUT2D eigenvalue weighted by molar-refractivity contribution is -0.149. The van der Waals surface area contributed by atoms with E-state index in [0.717, 1.165) is 34.5 Å². The molecule has 3 aromatic carbocycles. The number of carbonyl (C=O) groups excluding carboxylic acids is 4. The molecule has 0 radical (unpaired) electrons. The van der Waals surface area contributed by atoms with Crippen LogP contribution >= 0.6 is 0 Å². The van der Waals surface area contributed by atoms with Crippen LogP contribution in [0.2, 0.25) is 0 Å². The lowest BCUT2D eigenvalue weighted by Gasteiger charge is -2.26. The number of aldehydes is 1. The van der Waals surface area contributed by atoms with Crippen molar-refractivity contribution in [1.82, 2.24) is 0 Å². The molecule has 10 heteroatoms. The van der Waals surface area contributed by atoms with Gasteiger partial charge >= 0.3 is 17.8 Å². The molecular weight excluding hydrogens is 538 g/mol. The summed E-state index contributed by atoms with van der Waals surface area (Å²) >= 11 is 0. The molecule has 0 aliphatic rings. The van der Waals surface area contributed by atoms with Crippen molar-refractivity contribution in [2.24, 2.45) is 0 Å². The first kappa shape index (κ1) is 31.4. The number of ether oxygens (including phenoxy) is 3. The van der Waals surface area contributed by atoms with E-state index in [0.29, 0.717) is 31.0 Å². The Labute approximate surface area is 245 Å². The van der Waals surface area contributed by atoms with E-state index in [1.54, 1.807) is 12.1 Å². The van der Waals surface area contributed by atoms with Gasteiger partial charge in [-0.05, 0) is 72.9 Å². The smallest absolute Gasteiger partial charge is 0.321 e. The van der Waals surface area contributed by atoms with Crippen molar-refractivity contribution in [3.63, 3.8) is 0 Å². The SMILES string of the molecule is CCOc1cc(CCNc2ccc(/C=C/OC(=O)CC(=O)OC)cc2)ccc1N(Nc1ccccc1CC)C(=O)C=O. The molecule has 0 aliphatic carbocycles. The van der Waals surface area contributed by atoms with E-state index in [1.807, 2.05) is 74.5 Å². The molecular formula is C32H35N3O7. The summed E-state index contributed by atoms with van der Waals surface area (Å²) in [6, 6.07) is 20.6. The number of methoxy groups -OCH3 is 1. The van der Waals surface area contributed by atoms with Crippen molar-refractivity contribution in [1.29, 1.82) is 0 Å². The van der Waals surface area contributed by atoms with Crippen LogP contribution < -0.4 is 20.5 Å². The Morgan fingerprint density at radius 1 is 0.952 bits per heavy atom. The van der Waals surface area contributed by atoms with Gasteiger partial charge in [-0.2, -0.15) is 0 Å². The van der Waals surface area contributed by atoms with Crippen LogP contribution in [0.1, 0.15) is 37.0 Å². The quantitative estimate of drug-likeness (QED) is 0.0650. The number of aryl methyl sites for hydroxylation is 1. The normalized spacial score (nSPS) is 10.5. The fourth-order valence-electron chi connectivity index (χ4n) is 4.00. The Hall–Kier alpha value is -5.12. The fraction of sp³-hybridized carbons (Fsp3) is 0.250. The van der Waals surface area contributed by atoms with Crippen LogP contribution in [0.5, 0.6) is 5.75 Å². The third kappa shape index (κ3) is 9.22. The van der Waals surface area contributed by atoms with E-state index < -0.39 is 24.3 Å². The number of anilines is 3. The molecule has 0 bridgehead atoms. The summed E-state index contributed by atoms with van der Waals surface area (Å²) in [5.74, 6) is -1.61. The average Bonchev–Trinajstić information content (AvgIpc) is 3.01. The molecule has 0 spiro atoms. The van der Waals surface area contributed by atoms with Gasteiger partial charge in [-0.3, -0.25) is 24.6 Å². The Kier molecular flexibility index (Phi) is 12.1. The number of amides is 1. The minimum Gasteiger partial charge on any atom is -0.492 e. The van der Waals surface area contributed by atoms with E-state index in [-0.39, 0.29) is 6.29 Å². The van der Waals surface area contributed by atoms with Gasteiger partial charge in [-0.25, -0.2) is 5.01 Å². The highest BCUT2D eigenvalue weighted by atomic mass is 16.5. The number of esters is 2. The van der Waals surface area contributed by atoms with E-state index in [4.69, 9.17) is 9.47 Å². The number of benzene rings is 3. The second-order valence-electron chi connectivity index (χ2n) is 8.99. The maximum atomic E-state index is 12.6. The first-order chi connectivity index (χ1) is 20.4. The average molecular weight is 574 g/mol. The van der Waals surface area contributed by atoms with Gasteiger partial charge in [0.15, 0.2) is 0 Å². The molecule has 0 heterocycles. The van der Waals surface area contributed by atoms with Crippen LogP contribution in [0.3, 0.4) is 0 Å². The van der Waals surface area contributed by atoms with Crippen LogP contribution in [0.25, 0.3) is 6.08 Å². The molecule has 1 amide bonds. The molecule has 0 saturated carbocycles. The van der Waals surface area contributed by atoms with E-state index >= 15 is 0 Å². The van der Waals surface area contributed by atoms with Crippen molar-refractivity contribution in [2.75, 3.05) is 36.0 Å². The minimum absolute atomic E-state index is 0.272. The Morgan fingerprint density at radius 3 is 2.40 bits per heavy atom. The zero-order valence-corrected chi connectivity index (χ0v) is 23.9. The molecule has 0 aliphatic heterocycles. The fourth-order valence-corrected chi connectivity index (χ4v) is 4.00. The highest BCUT2D eigenvalue weighted by Gasteiger charge is 2.21. The van der Waals surface area contributed by atoms with Gasteiger partial charge in [0.1, 0.15) is 17.9 Å². The van der Waals surface area contributed by atoms with Gasteiger partial charge in [-0.1, -0.05) is 43.3 Å². The lowest BCUT2D eigenvalue weighted by Crippen LogP contribution is -2.37. The number of para-hydroxylation sites is 1. The second-order valence-corrected chi connectivity index (χ2v) is 8.99. The topological polar surface area (TPSA) is 123 Å². The summed E-state index contributed by atoms with van der Waals surface area (Å²) < 4.78 is 15.2. The van der Waals surface area contributed by atoms with E-state index in [1.165, 1.54) is 18.4 Å². The third-order valence-corrected chi connectivity index (χ3v) is 6.15. The number of rotatable bonds is 15. The number of hydrogen-bond acceptors (Lipinski definition) is 9. The summed E-state index contributed by atoms with van der Waals surface area (Å²) in [7, 11) is 1.20. The number of carbonyl (C=O) groups is 4. The van der Waals surface area contributed by atoms with Crippen LogP contribution in [-0.2, 0) is 41.5 Å². The summed E-state index contributed by atoms with van der Waals surface area (Å²) in [6.45, 7) is 4.89. The van der Waals surface area contributed by atoms with Crippen molar-refractivity contribution >= 4 is 47.3 Å². The summed E-state index contributed by atoms with van der Waals surface area (Å²) in [5.41, 5.74) is 7.96. The molecule has 0 fully saturated rings. The van der Waals surface area contributed by atoms with Gasteiger partial charge in [0.25, 0.3) is 0 Å². The molecule has 0 aromatic heterocycles. The number of nitrogens with zero attached hydrogens (tertiary/aromatic N) is 1. The Balaban J connectivity index is 1.63. The zero-order chi connectivity index (χ0) is 30.3. The third-order valence-electron chi connectivity index (χ3n) is 6.15. The van der Waals surface area contributed by atoms with Crippen LogP contribution in [0, 0.1) is 0 Å². The summed E-state index contributed by atoms with van der Waals surface area (Å²) in [4.78, 5) is 46.7. The zero-order valence-electron chi connectivity index (χ0n) is 23.9. The van der Waals surface area contributed by atoms with Crippen molar-refractivity contribution in [3.8, 4) is 5.75 Å². The molecule has 0 atom stereocenters. The number of nitrogens with one attached hydrogen (secondary N) is 2. The molecule has 3 aromatic rings. The largest absolute Gasteiger partial charge is 0.492 e. The molecule has 2 N–H and O–H groups in total. The van der Waals surface area contributed by atoms with Gasteiger partial charge in [0.05, 0.1) is 25.7 Å². The molecule has 220 valence electrons. The monoisotopic (exact) mass is 573 g/mol. The lowest BCUT2D eigenvalue weighted by atomic mass is 10.1. The predicted molar refractivity (Wildman–Crippen MR) is 161 cm³/mol. The van der Waals surface area contributed by atoms with Crippen molar-refractivity contribution < 1.29 is 33.4 Å². The number of hydrogen-bond donors (Lipinski definition) is 2. The van der Waals surface area contributed by atoms with Crippen molar-refractivity contribution in [3.05, 3.63) is 89.7 Å². The Bertz CT molecular complexity index is 1400. The maximum absolute atomic E-state index is 12.6. The predicted octanol–water partition coefficient (Wildman–Crippen LogP) is 4.94. The van der Waals surface area contributed by atoms with Gasteiger partial charge in [0, 0.05) is 12.2 Å². The molecule has 42 heavy (non-hydrogen) atoms.